The molecule has 1 N–H and O–H groups in total. The van der Waals surface area contributed by atoms with Gasteiger partial charge < -0.3 is 9.52 Å². The van der Waals surface area contributed by atoms with E-state index in [1.807, 2.05) is 30.3 Å². The van der Waals surface area contributed by atoms with Crippen molar-refractivity contribution in [3.05, 3.63) is 63.2 Å². The van der Waals surface area contributed by atoms with Gasteiger partial charge in [0.25, 0.3) is 0 Å². The summed E-state index contributed by atoms with van der Waals surface area (Å²) in [6.07, 6.45) is 7.24. The van der Waals surface area contributed by atoms with Gasteiger partial charge in [-0.2, -0.15) is 0 Å². The first-order chi connectivity index (χ1) is 10.8. The van der Waals surface area contributed by atoms with Crippen LogP contribution in [0, 0.1) is 0 Å². The van der Waals surface area contributed by atoms with Crippen LogP contribution in [-0.2, 0) is 25.7 Å². The SMILES string of the molecule is O=c1oc2c(c(O)c1CCc1ccccc1)CCCCCC2. The highest BCUT2D eigenvalue weighted by molar-refractivity contribution is 5.41. The monoisotopic (exact) mass is 298 g/mol. The zero-order valence-electron chi connectivity index (χ0n) is 12.8. The van der Waals surface area contributed by atoms with Crippen molar-refractivity contribution in [1.82, 2.24) is 0 Å². The average molecular weight is 298 g/mol. The summed E-state index contributed by atoms with van der Waals surface area (Å²) in [7, 11) is 0. The average Bonchev–Trinajstić information content (AvgIpc) is 2.50. The Morgan fingerprint density at radius 3 is 2.45 bits per heavy atom. The van der Waals surface area contributed by atoms with Crippen molar-refractivity contribution >= 4 is 0 Å². The number of rotatable bonds is 3. The first-order valence-corrected chi connectivity index (χ1v) is 8.16. The lowest BCUT2D eigenvalue weighted by molar-refractivity contribution is 0.388. The van der Waals surface area contributed by atoms with Gasteiger partial charge in [0.05, 0.1) is 5.56 Å². The predicted octanol–water partition coefficient (Wildman–Crippen LogP) is 3.79. The molecule has 1 aliphatic carbocycles. The van der Waals surface area contributed by atoms with Gasteiger partial charge in [-0.25, -0.2) is 4.79 Å². The van der Waals surface area contributed by atoms with Crippen molar-refractivity contribution in [2.75, 3.05) is 0 Å². The molecule has 22 heavy (non-hydrogen) atoms. The Balaban J connectivity index is 1.87. The summed E-state index contributed by atoms with van der Waals surface area (Å²) in [5.74, 6) is 0.884. The molecule has 1 aromatic heterocycles. The Hall–Kier alpha value is -2.03. The van der Waals surface area contributed by atoms with Crippen molar-refractivity contribution in [3.8, 4) is 5.75 Å². The fourth-order valence-electron chi connectivity index (χ4n) is 3.18. The van der Waals surface area contributed by atoms with Gasteiger partial charge in [-0.05, 0) is 37.7 Å². The number of benzene rings is 1. The third-order valence-corrected chi connectivity index (χ3v) is 4.46. The zero-order chi connectivity index (χ0) is 15.4. The molecule has 3 nitrogen and oxygen atoms in total. The van der Waals surface area contributed by atoms with Crippen LogP contribution in [0.25, 0.3) is 0 Å². The fourth-order valence-corrected chi connectivity index (χ4v) is 3.18. The Bertz CT molecular complexity index is 686. The van der Waals surface area contributed by atoms with E-state index in [9.17, 15) is 9.90 Å². The molecule has 0 saturated carbocycles. The topological polar surface area (TPSA) is 50.4 Å². The van der Waals surface area contributed by atoms with Crippen LogP contribution in [0.15, 0.2) is 39.5 Å². The second-order valence-corrected chi connectivity index (χ2v) is 6.02. The van der Waals surface area contributed by atoms with Crippen LogP contribution in [0.2, 0.25) is 0 Å². The lowest BCUT2D eigenvalue weighted by Gasteiger charge is -2.15. The molecule has 2 aromatic rings. The number of hydrogen-bond acceptors (Lipinski definition) is 3. The lowest BCUT2D eigenvalue weighted by atomic mass is 9.95. The smallest absolute Gasteiger partial charge is 0.342 e. The van der Waals surface area contributed by atoms with E-state index >= 15 is 0 Å². The molecule has 0 aliphatic heterocycles. The minimum atomic E-state index is -0.368. The summed E-state index contributed by atoms with van der Waals surface area (Å²) in [5.41, 5.74) is 2.09. The minimum absolute atomic E-state index is 0.184. The van der Waals surface area contributed by atoms with Crippen LogP contribution >= 0.6 is 0 Å². The maximum absolute atomic E-state index is 12.2. The van der Waals surface area contributed by atoms with Crippen molar-refractivity contribution < 1.29 is 9.52 Å². The minimum Gasteiger partial charge on any atom is -0.507 e. The third-order valence-electron chi connectivity index (χ3n) is 4.46. The van der Waals surface area contributed by atoms with E-state index in [-0.39, 0.29) is 11.4 Å². The van der Waals surface area contributed by atoms with E-state index in [4.69, 9.17) is 4.42 Å². The summed E-state index contributed by atoms with van der Waals surface area (Å²) in [5, 5.41) is 10.6. The van der Waals surface area contributed by atoms with Crippen molar-refractivity contribution in [2.45, 2.75) is 51.4 Å². The molecule has 1 heterocycles. The molecular formula is C19H22O3. The van der Waals surface area contributed by atoms with E-state index < -0.39 is 0 Å². The number of aromatic hydroxyl groups is 1. The van der Waals surface area contributed by atoms with Crippen LogP contribution in [0.5, 0.6) is 5.75 Å². The first-order valence-electron chi connectivity index (χ1n) is 8.16. The molecule has 0 saturated heterocycles. The molecular weight excluding hydrogens is 276 g/mol. The van der Waals surface area contributed by atoms with Gasteiger partial charge >= 0.3 is 5.63 Å². The largest absolute Gasteiger partial charge is 0.507 e. The molecule has 3 heteroatoms. The van der Waals surface area contributed by atoms with Gasteiger partial charge in [-0.15, -0.1) is 0 Å². The first kappa shape index (κ1) is 14.9. The second kappa shape index (κ2) is 6.82. The number of fused-ring (bicyclic) bond motifs is 1. The Morgan fingerprint density at radius 1 is 0.955 bits per heavy atom. The highest BCUT2D eigenvalue weighted by Crippen LogP contribution is 2.29. The maximum atomic E-state index is 12.2. The third kappa shape index (κ3) is 3.24. The normalized spacial score (nSPS) is 14.9. The van der Waals surface area contributed by atoms with E-state index in [1.54, 1.807) is 0 Å². The van der Waals surface area contributed by atoms with Gasteiger partial charge in [-0.1, -0.05) is 43.2 Å². The van der Waals surface area contributed by atoms with Gasteiger partial charge in [0.2, 0.25) is 0 Å². The standard InChI is InChI=1S/C19H22O3/c20-18-15-10-6-1-2-7-11-17(15)22-19(21)16(18)13-12-14-8-4-3-5-9-14/h3-5,8-9,20H,1-2,6-7,10-13H2. The molecule has 0 fully saturated rings. The molecule has 0 bridgehead atoms. The van der Waals surface area contributed by atoms with Crippen molar-refractivity contribution in [1.29, 1.82) is 0 Å². The Morgan fingerprint density at radius 2 is 1.68 bits per heavy atom. The Kier molecular flexibility index (Phi) is 4.62. The van der Waals surface area contributed by atoms with E-state index in [2.05, 4.69) is 0 Å². The zero-order valence-corrected chi connectivity index (χ0v) is 12.8. The Labute approximate surface area is 130 Å². The number of hydrogen-bond donors (Lipinski definition) is 1. The summed E-state index contributed by atoms with van der Waals surface area (Å²) >= 11 is 0. The molecule has 0 radical (unpaired) electrons. The van der Waals surface area contributed by atoms with Gasteiger partial charge in [0.15, 0.2) is 0 Å². The molecule has 116 valence electrons. The van der Waals surface area contributed by atoms with Crippen LogP contribution in [0.4, 0.5) is 0 Å². The summed E-state index contributed by atoms with van der Waals surface area (Å²) in [6.45, 7) is 0. The highest BCUT2D eigenvalue weighted by Gasteiger charge is 2.19. The van der Waals surface area contributed by atoms with Crippen LogP contribution in [-0.4, -0.2) is 5.11 Å². The summed E-state index contributed by atoms with van der Waals surface area (Å²) < 4.78 is 5.52. The predicted molar refractivity (Wildman–Crippen MR) is 86.4 cm³/mol. The molecule has 0 spiro atoms. The fraction of sp³-hybridized carbons (Fsp3) is 0.421. The quantitative estimate of drug-likeness (QED) is 0.938. The molecule has 0 atom stereocenters. The lowest BCUT2D eigenvalue weighted by Crippen LogP contribution is -2.14. The molecule has 3 rings (SSSR count). The van der Waals surface area contributed by atoms with Crippen molar-refractivity contribution in [2.24, 2.45) is 0 Å². The van der Waals surface area contributed by atoms with Gasteiger partial charge in [0.1, 0.15) is 11.5 Å². The van der Waals surface area contributed by atoms with Gasteiger partial charge in [0, 0.05) is 12.0 Å². The van der Waals surface area contributed by atoms with E-state index in [1.165, 1.54) is 12.8 Å². The summed E-state index contributed by atoms with van der Waals surface area (Å²) in [6, 6.07) is 10.0. The highest BCUT2D eigenvalue weighted by atomic mass is 16.4. The number of aryl methyl sites for hydroxylation is 2. The molecule has 1 aromatic carbocycles. The van der Waals surface area contributed by atoms with Crippen LogP contribution in [0.1, 0.15) is 48.1 Å². The van der Waals surface area contributed by atoms with Crippen LogP contribution in [0.3, 0.4) is 0 Å². The summed E-state index contributed by atoms with van der Waals surface area (Å²) in [4.78, 5) is 12.2. The molecule has 0 amide bonds. The molecule has 0 unspecified atom stereocenters. The van der Waals surface area contributed by atoms with Gasteiger partial charge in [-0.3, -0.25) is 0 Å². The second-order valence-electron chi connectivity index (χ2n) is 6.02. The maximum Gasteiger partial charge on any atom is 0.342 e. The van der Waals surface area contributed by atoms with E-state index in [0.29, 0.717) is 17.7 Å². The molecule has 1 aliphatic rings. The van der Waals surface area contributed by atoms with Crippen molar-refractivity contribution in [3.63, 3.8) is 0 Å². The van der Waals surface area contributed by atoms with E-state index in [0.717, 1.165) is 43.2 Å². The van der Waals surface area contributed by atoms with Crippen LogP contribution < -0.4 is 5.63 Å².